The second kappa shape index (κ2) is 6.28. The average molecular weight is 235 g/mol. The van der Waals surface area contributed by atoms with Gasteiger partial charge in [0.2, 0.25) is 0 Å². The molecule has 0 saturated carbocycles. The monoisotopic (exact) mass is 235 g/mol. The van der Waals surface area contributed by atoms with Crippen molar-refractivity contribution in [3.63, 3.8) is 0 Å². The summed E-state index contributed by atoms with van der Waals surface area (Å²) in [6.45, 7) is 7.72. The second-order valence-electron chi connectivity index (χ2n) is 4.48. The molecule has 1 N–H and O–H groups in total. The van der Waals surface area contributed by atoms with Crippen molar-refractivity contribution in [2.45, 2.75) is 33.6 Å². The zero-order valence-corrected chi connectivity index (χ0v) is 10.9. The fourth-order valence-electron chi connectivity index (χ4n) is 2.00. The van der Waals surface area contributed by atoms with Gasteiger partial charge < -0.3 is 10.0 Å². The molecule has 0 unspecified atom stereocenters. The molecule has 0 bridgehead atoms. The minimum atomic E-state index is -0.740. The maximum Gasteiger partial charge on any atom is 0.305 e. The van der Waals surface area contributed by atoms with Crippen molar-refractivity contribution in [1.82, 2.24) is 0 Å². The Balaban J connectivity index is 2.84. The van der Waals surface area contributed by atoms with Crippen LogP contribution in [0.15, 0.2) is 18.2 Å². The number of anilines is 1. The summed E-state index contributed by atoms with van der Waals surface area (Å²) >= 11 is 0. The van der Waals surface area contributed by atoms with Crippen LogP contribution in [0.3, 0.4) is 0 Å². The van der Waals surface area contributed by atoms with E-state index in [1.807, 2.05) is 0 Å². The van der Waals surface area contributed by atoms with Crippen LogP contribution in [0.4, 0.5) is 5.69 Å². The van der Waals surface area contributed by atoms with E-state index in [0.29, 0.717) is 6.54 Å². The predicted octanol–water partition coefficient (Wildman–Crippen LogP) is 2.99. The Labute approximate surface area is 103 Å². The van der Waals surface area contributed by atoms with E-state index in [2.05, 4.69) is 43.9 Å². The Kier molecular flexibility index (Phi) is 5.01. The maximum atomic E-state index is 10.6. The van der Waals surface area contributed by atoms with E-state index in [9.17, 15) is 4.79 Å². The zero-order valence-electron chi connectivity index (χ0n) is 10.9. The van der Waals surface area contributed by atoms with Crippen molar-refractivity contribution in [3.8, 4) is 0 Å². The lowest BCUT2D eigenvalue weighted by atomic mass is 10.1. The van der Waals surface area contributed by atoms with Crippen molar-refractivity contribution in [2.75, 3.05) is 18.0 Å². The smallest absolute Gasteiger partial charge is 0.305 e. The summed E-state index contributed by atoms with van der Waals surface area (Å²) in [4.78, 5) is 12.8. The molecule has 0 aliphatic heterocycles. The van der Waals surface area contributed by atoms with E-state index in [1.54, 1.807) is 0 Å². The number of carboxylic acid groups (broad SMARTS) is 1. The van der Waals surface area contributed by atoms with Crippen LogP contribution < -0.4 is 4.90 Å². The van der Waals surface area contributed by atoms with Crippen LogP contribution in [-0.2, 0) is 4.79 Å². The Morgan fingerprint density at radius 2 is 1.76 bits per heavy atom. The van der Waals surface area contributed by atoms with E-state index >= 15 is 0 Å². The molecule has 0 spiro atoms. The standard InChI is InChI=1S/C14H21NO2/c1-4-6-15(7-5-14(16)17)13-9-11(2)8-12(3)10-13/h8-10H,4-7H2,1-3H3,(H,16,17). The minimum Gasteiger partial charge on any atom is -0.481 e. The van der Waals surface area contributed by atoms with Gasteiger partial charge in [0, 0.05) is 18.8 Å². The highest BCUT2D eigenvalue weighted by atomic mass is 16.4. The fraction of sp³-hybridized carbons (Fsp3) is 0.500. The average Bonchev–Trinajstić information content (AvgIpc) is 2.22. The molecule has 1 aromatic carbocycles. The van der Waals surface area contributed by atoms with Gasteiger partial charge in [-0.25, -0.2) is 0 Å². The minimum absolute atomic E-state index is 0.187. The number of benzene rings is 1. The third kappa shape index (κ3) is 4.47. The summed E-state index contributed by atoms with van der Waals surface area (Å²) in [5.41, 5.74) is 3.57. The molecule has 0 radical (unpaired) electrons. The molecule has 0 aliphatic rings. The van der Waals surface area contributed by atoms with Crippen molar-refractivity contribution < 1.29 is 9.90 Å². The zero-order chi connectivity index (χ0) is 12.8. The van der Waals surface area contributed by atoms with Crippen LogP contribution in [-0.4, -0.2) is 24.2 Å². The molecule has 0 saturated heterocycles. The van der Waals surface area contributed by atoms with Gasteiger partial charge in [-0.05, 0) is 43.5 Å². The number of carbonyl (C=O) groups is 1. The molecule has 3 heteroatoms. The number of hydrogen-bond donors (Lipinski definition) is 1. The molecule has 0 aromatic heterocycles. The number of hydrogen-bond acceptors (Lipinski definition) is 2. The van der Waals surface area contributed by atoms with Crippen molar-refractivity contribution in [3.05, 3.63) is 29.3 Å². The number of nitrogens with zero attached hydrogens (tertiary/aromatic N) is 1. The van der Waals surface area contributed by atoms with Crippen molar-refractivity contribution >= 4 is 11.7 Å². The van der Waals surface area contributed by atoms with Crippen LogP contribution >= 0.6 is 0 Å². The highest BCUT2D eigenvalue weighted by molar-refractivity contribution is 5.67. The molecule has 0 aliphatic carbocycles. The quantitative estimate of drug-likeness (QED) is 0.824. The Hall–Kier alpha value is -1.51. The Morgan fingerprint density at radius 1 is 1.18 bits per heavy atom. The third-order valence-electron chi connectivity index (χ3n) is 2.66. The van der Waals surface area contributed by atoms with Gasteiger partial charge >= 0.3 is 5.97 Å². The number of rotatable bonds is 6. The molecule has 0 heterocycles. The van der Waals surface area contributed by atoms with Gasteiger partial charge in [0.1, 0.15) is 0 Å². The SMILES string of the molecule is CCCN(CCC(=O)O)c1cc(C)cc(C)c1. The predicted molar refractivity (Wildman–Crippen MR) is 70.7 cm³/mol. The lowest BCUT2D eigenvalue weighted by molar-refractivity contribution is -0.136. The first-order chi connectivity index (χ1) is 8.02. The molecule has 0 fully saturated rings. The lowest BCUT2D eigenvalue weighted by Crippen LogP contribution is -2.27. The largest absolute Gasteiger partial charge is 0.481 e. The van der Waals surface area contributed by atoms with E-state index in [0.717, 1.165) is 18.7 Å². The molecular formula is C14H21NO2. The number of aryl methyl sites for hydroxylation is 2. The molecule has 1 rings (SSSR count). The lowest BCUT2D eigenvalue weighted by Gasteiger charge is -2.24. The Bertz CT molecular complexity index is 368. The maximum absolute atomic E-state index is 10.6. The summed E-state index contributed by atoms with van der Waals surface area (Å²) in [6, 6.07) is 6.36. The molecule has 3 nitrogen and oxygen atoms in total. The van der Waals surface area contributed by atoms with Crippen molar-refractivity contribution in [1.29, 1.82) is 0 Å². The van der Waals surface area contributed by atoms with Gasteiger partial charge in [0.15, 0.2) is 0 Å². The Morgan fingerprint density at radius 3 is 2.24 bits per heavy atom. The highest BCUT2D eigenvalue weighted by Crippen LogP contribution is 2.19. The summed E-state index contributed by atoms with van der Waals surface area (Å²) in [5, 5.41) is 8.76. The van der Waals surface area contributed by atoms with Crippen LogP contribution in [0.2, 0.25) is 0 Å². The first-order valence-electron chi connectivity index (χ1n) is 6.08. The van der Waals surface area contributed by atoms with E-state index in [-0.39, 0.29) is 6.42 Å². The first-order valence-corrected chi connectivity index (χ1v) is 6.08. The summed E-state index contributed by atoms with van der Waals surface area (Å²) in [5.74, 6) is -0.740. The van der Waals surface area contributed by atoms with Gasteiger partial charge in [-0.2, -0.15) is 0 Å². The summed E-state index contributed by atoms with van der Waals surface area (Å²) in [7, 11) is 0. The van der Waals surface area contributed by atoms with Gasteiger partial charge in [-0.3, -0.25) is 4.79 Å². The van der Waals surface area contributed by atoms with Crippen molar-refractivity contribution in [2.24, 2.45) is 0 Å². The van der Waals surface area contributed by atoms with Crippen LogP contribution in [0.25, 0.3) is 0 Å². The summed E-state index contributed by atoms with van der Waals surface area (Å²) < 4.78 is 0. The van der Waals surface area contributed by atoms with Crippen LogP contribution in [0.5, 0.6) is 0 Å². The van der Waals surface area contributed by atoms with Gasteiger partial charge in [0.05, 0.1) is 6.42 Å². The molecule has 0 atom stereocenters. The van der Waals surface area contributed by atoms with E-state index in [4.69, 9.17) is 5.11 Å². The molecular weight excluding hydrogens is 214 g/mol. The van der Waals surface area contributed by atoms with Gasteiger partial charge in [0.25, 0.3) is 0 Å². The van der Waals surface area contributed by atoms with Gasteiger partial charge in [-0.1, -0.05) is 13.0 Å². The van der Waals surface area contributed by atoms with Crippen LogP contribution in [0.1, 0.15) is 30.9 Å². The van der Waals surface area contributed by atoms with Gasteiger partial charge in [-0.15, -0.1) is 0 Å². The molecule has 17 heavy (non-hydrogen) atoms. The third-order valence-corrected chi connectivity index (χ3v) is 2.66. The summed E-state index contributed by atoms with van der Waals surface area (Å²) in [6.07, 6.45) is 1.21. The molecule has 1 aromatic rings. The first kappa shape index (κ1) is 13.6. The number of aliphatic carboxylic acids is 1. The topological polar surface area (TPSA) is 40.5 Å². The second-order valence-corrected chi connectivity index (χ2v) is 4.48. The fourth-order valence-corrected chi connectivity index (χ4v) is 2.00. The number of carboxylic acids is 1. The normalized spacial score (nSPS) is 10.3. The van der Waals surface area contributed by atoms with E-state index < -0.39 is 5.97 Å². The van der Waals surface area contributed by atoms with E-state index in [1.165, 1.54) is 11.1 Å². The molecule has 0 amide bonds. The van der Waals surface area contributed by atoms with Crippen LogP contribution in [0, 0.1) is 13.8 Å². The molecule has 94 valence electrons. The highest BCUT2D eigenvalue weighted by Gasteiger charge is 2.08.